The highest BCUT2D eigenvalue weighted by atomic mass is 32.1. The Bertz CT molecular complexity index is 497. The van der Waals surface area contributed by atoms with Crippen molar-refractivity contribution in [2.24, 2.45) is 5.92 Å². The summed E-state index contributed by atoms with van der Waals surface area (Å²) in [7, 11) is -4.32. The Hall–Kier alpha value is -1.21. The summed E-state index contributed by atoms with van der Waals surface area (Å²) in [6, 6.07) is 3.57. The molecule has 0 fully saturated rings. The zero-order valence-corrected chi connectivity index (χ0v) is 12.3. The van der Waals surface area contributed by atoms with E-state index in [1.165, 1.54) is 11.3 Å². The van der Waals surface area contributed by atoms with Crippen molar-refractivity contribution in [3.05, 3.63) is 22.4 Å². The van der Waals surface area contributed by atoms with Crippen LogP contribution in [-0.2, 0) is 20.6 Å². The van der Waals surface area contributed by atoms with Crippen LogP contribution in [0.3, 0.4) is 0 Å². The molecule has 1 heterocycles. The maximum absolute atomic E-state index is 11.9. The van der Waals surface area contributed by atoms with Crippen LogP contribution in [0.4, 0.5) is 0 Å². The average molecular weight is 321 g/mol. The number of rotatable bonds is 8. The molecule has 1 rings (SSSR count). The molecule has 4 N–H and O–H groups in total. The van der Waals surface area contributed by atoms with Gasteiger partial charge in [-0.1, -0.05) is 6.07 Å². The van der Waals surface area contributed by atoms with Gasteiger partial charge in [0.05, 0.1) is 18.5 Å². The third-order valence-corrected chi connectivity index (χ3v) is 4.31. The zero-order chi connectivity index (χ0) is 15.2. The summed E-state index contributed by atoms with van der Waals surface area (Å²) in [5, 5.41) is 12.7. The molecule has 0 aliphatic heterocycles. The second kappa shape index (κ2) is 7.54. The number of aliphatic carboxylic acids is 1. The summed E-state index contributed by atoms with van der Waals surface area (Å²) in [5.74, 6) is -2.46. The molecule has 1 atom stereocenters. The highest BCUT2D eigenvalue weighted by molar-refractivity contribution is 7.51. The van der Waals surface area contributed by atoms with E-state index in [0.717, 1.165) is 4.88 Å². The van der Waals surface area contributed by atoms with Crippen molar-refractivity contribution in [1.82, 2.24) is 5.32 Å². The van der Waals surface area contributed by atoms with Crippen LogP contribution in [-0.4, -0.2) is 39.5 Å². The molecule has 1 amide bonds. The lowest BCUT2D eigenvalue weighted by Crippen LogP contribution is -2.35. The first-order chi connectivity index (χ1) is 9.28. The molecular formula is C11H16NO6PS. The van der Waals surface area contributed by atoms with Gasteiger partial charge in [0.15, 0.2) is 0 Å². The van der Waals surface area contributed by atoms with E-state index in [2.05, 4.69) is 5.32 Å². The van der Waals surface area contributed by atoms with Gasteiger partial charge in [0.25, 0.3) is 0 Å². The molecule has 0 aliphatic carbocycles. The third kappa shape index (κ3) is 6.81. The van der Waals surface area contributed by atoms with Crippen molar-refractivity contribution >= 4 is 30.8 Å². The lowest BCUT2D eigenvalue weighted by molar-refractivity contribution is -0.137. The van der Waals surface area contributed by atoms with Gasteiger partial charge in [-0.15, -0.1) is 11.3 Å². The average Bonchev–Trinajstić information content (AvgIpc) is 2.78. The first kappa shape index (κ1) is 16.8. The molecule has 112 valence electrons. The van der Waals surface area contributed by atoms with E-state index < -0.39 is 31.6 Å². The molecule has 7 nitrogen and oxygen atoms in total. The minimum atomic E-state index is -4.32. The number of carbonyl (C=O) groups excluding carboxylic acids is 1. The lowest BCUT2D eigenvalue weighted by Gasteiger charge is -2.16. The summed E-state index contributed by atoms with van der Waals surface area (Å²) >= 11 is 1.40. The number of thiophene rings is 1. The van der Waals surface area contributed by atoms with Gasteiger partial charge >= 0.3 is 13.6 Å². The summed E-state index contributed by atoms with van der Waals surface area (Å²) in [6.45, 7) is -0.0593. The van der Waals surface area contributed by atoms with Crippen LogP contribution in [0.1, 0.15) is 11.3 Å². The van der Waals surface area contributed by atoms with E-state index in [9.17, 15) is 14.2 Å². The van der Waals surface area contributed by atoms with Crippen LogP contribution in [0.2, 0.25) is 0 Å². The molecular weight excluding hydrogens is 305 g/mol. The normalized spacial score (nSPS) is 12.9. The lowest BCUT2D eigenvalue weighted by atomic mass is 10.1. The molecule has 0 saturated heterocycles. The Morgan fingerprint density at radius 2 is 2.10 bits per heavy atom. The second-order valence-corrected chi connectivity index (χ2v) is 6.99. The standard InChI is InChI=1S/C11H16NO6PS/c13-10(14)3-4-12-11(15)8(7-19(16,17)18)6-9-2-1-5-20-9/h1-2,5,8H,3-4,6-7H2,(H,12,15)(H,13,14)(H2,16,17,18). The maximum atomic E-state index is 11.9. The smallest absolute Gasteiger partial charge is 0.326 e. The minimum absolute atomic E-state index is 0.0593. The van der Waals surface area contributed by atoms with Gasteiger partial charge < -0.3 is 20.2 Å². The van der Waals surface area contributed by atoms with Crippen molar-refractivity contribution in [3.63, 3.8) is 0 Å². The molecule has 1 unspecified atom stereocenters. The van der Waals surface area contributed by atoms with Crippen molar-refractivity contribution in [3.8, 4) is 0 Å². The molecule has 0 aliphatic rings. The summed E-state index contributed by atoms with van der Waals surface area (Å²) in [4.78, 5) is 41.1. The van der Waals surface area contributed by atoms with Gasteiger partial charge in [0.2, 0.25) is 5.91 Å². The van der Waals surface area contributed by atoms with E-state index in [-0.39, 0.29) is 19.4 Å². The van der Waals surface area contributed by atoms with Gasteiger partial charge in [-0.2, -0.15) is 0 Å². The first-order valence-corrected chi connectivity index (χ1v) is 8.52. The van der Waals surface area contributed by atoms with Gasteiger partial charge in [-0.05, 0) is 17.9 Å². The molecule has 9 heteroatoms. The van der Waals surface area contributed by atoms with E-state index in [4.69, 9.17) is 14.9 Å². The van der Waals surface area contributed by atoms with Crippen molar-refractivity contribution < 1.29 is 29.0 Å². The Balaban J connectivity index is 2.63. The quantitative estimate of drug-likeness (QED) is 0.522. The molecule has 20 heavy (non-hydrogen) atoms. The fraction of sp³-hybridized carbons (Fsp3) is 0.455. The van der Waals surface area contributed by atoms with Gasteiger partial charge in [-0.3, -0.25) is 14.2 Å². The molecule has 0 aromatic carbocycles. The number of nitrogens with one attached hydrogen (secondary N) is 1. The van der Waals surface area contributed by atoms with Crippen LogP contribution in [0.5, 0.6) is 0 Å². The Morgan fingerprint density at radius 1 is 1.40 bits per heavy atom. The number of hydrogen-bond donors (Lipinski definition) is 4. The molecule has 1 aromatic heterocycles. The van der Waals surface area contributed by atoms with Crippen molar-refractivity contribution in [2.75, 3.05) is 12.7 Å². The highest BCUT2D eigenvalue weighted by Crippen LogP contribution is 2.38. The zero-order valence-electron chi connectivity index (χ0n) is 10.6. The van der Waals surface area contributed by atoms with Crippen molar-refractivity contribution in [1.29, 1.82) is 0 Å². The molecule has 0 radical (unpaired) electrons. The Kier molecular flexibility index (Phi) is 6.35. The van der Waals surface area contributed by atoms with Crippen molar-refractivity contribution in [2.45, 2.75) is 12.8 Å². The fourth-order valence-electron chi connectivity index (χ4n) is 1.64. The molecule has 0 saturated carbocycles. The number of carbonyl (C=O) groups is 2. The third-order valence-electron chi connectivity index (χ3n) is 2.49. The van der Waals surface area contributed by atoms with Gasteiger partial charge in [0.1, 0.15) is 0 Å². The van der Waals surface area contributed by atoms with Gasteiger partial charge in [0, 0.05) is 11.4 Å². The van der Waals surface area contributed by atoms with Crippen LogP contribution in [0.25, 0.3) is 0 Å². The predicted octanol–water partition coefficient (Wildman–Crippen LogP) is 0.675. The maximum Gasteiger partial charge on any atom is 0.326 e. The Morgan fingerprint density at radius 3 is 2.60 bits per heavy atom. The number of carboxylic acids is 1. The van der Waals surface area contributed by atoms with E-state index >= 15 is 0 Å². The largest absolute Gasteiger partial charge is 0.481 e. The monoisotopic (exact) mass is 321 g/mol. The first-order valence-electron chi connectivity index (χ1n) is 5.84. The summed E-state index contributed by atoms with van der Waals surface area (Å²) < 4.78 is 11.1. The number of hydrogen-bond acceptors (Lipinski definition) is 4. The van der Waals surface area contributed by atoms with Crippen LogP contribution in [0, 0.1) is 5.92 Å². The predicted molar refractivity (Wildman–Crippen MR) is 73.7 cm³/mol. The van der Waals surface area contributed by atoms with Crippen LogP contribution in [0.15, 0.2) is 17.5 Å². The van der Waals surface area contributed by atoms with Gasteiger partial charge in [-0.25, -0.2) is 0 Å². The topological polar surface area (TPSA) is 124 Å². The molecule has 1 aromatic rings. The summed E-state index contributed by atoms with van der Waals surface area (Å²) in [6.07, 6.45) is -0.557. The molecule has 0 bridgehead atoms. The van der Waals surface area contributed by atoms with E-state index in [1.54, 1.807) is 12.1 Å². The van der Waals surface area contributed by atoms with Crippen LogP contribution < -0.4 is 5.32 Å². The van der Waals surface area contributed by atoms with E-state index in [0.29, 0.717) is 0 Å². The van der Waals surface area contributed by atoms with E-state index in [1.807, 2.05) is 5.38 Å². The fourth-order valence-corrected chi connectivity index (χ4v) is 3.29. The second-order valence-electron chi connectivity index (χ2n) is 4.26. The SMILES string of the molecule is O=C(O)CCNC(=O)C(Cc1cccs1)CP(=O)(O)O. The molecule has 0 spiro atoms. The van der Waals surface area contributed by atoms with Crippen LogP contribution >= 0.6 is 18.9 Å². The Labute approximate surface area is 119 Å². The number of carboxylic acid groups (broad SMARTS) is 1. The number of amides is 1. The highest BCUT2D eigenvalue weighted by Gasteiger charge is 2.27. The minimum Gasteiger partial charge on any atom is -0.481 e. The summed E-state index contributed by atoms with van der Waals surface area (Å²) in [5.41, 5.74) is 0.